The van der Waals surface area contributed by atoms with Crippen LogP contribution in [0.25, 0.3) is 0 Å². The van der Waals surface area contributed by atoms with Crippen molar-refractivity contribution in [3.8, 4) is 0 Å². The highest BCUT2D eigenvalue weighted by Gasteiger charge is 2.19. The third-order valence-corrected chi connectivity index (χ3v) is 13.7. The van der Waals surface area contributed by atoms with Gasteiger partial charge in [-0.05, 0) is 122 Å². The van der Waals surface area contributed by atoms with Gasteiger partial charge in [-0.3, -0.25) is 14.4 Å². The summed E-state index contributed by atoms with van der Waals surface area (Å²) in [6.45, 7) is 6.48. The molecule has 0 aliphatic rings. The van der Waals surface area contributed by atoms with E-state index in [0.29, 0.717) is 19.3 Å². The molecule has 0 radical (unpaired) electrons. The summed E-state index contributed by atoms with van der Waals surface area (Å²) < 4.78 is 16.9. The minimum absolute atomic E-state index is 0.104. The van der Waals surface area contributed by atoms with E-state index in [1.807, 2.05) is 0 Å². The number of hydrogen-bond donors (Lipinski definition) is 0. The molecule has 0 aromatic carbocycles. The normalized spacial score (nSPS) is 12.8. The highest BCUT2D eigenvalue weighted by atomic mass is 16.6. The third kappa shape index (κ3) is 62.8. The Morgan fingerprint density at radius 2 is 0.519 bits per heavy atom. The van der Waals surface area contributed by atoms with Gasteiger partial charge in [0, 0.05) is 19.3 Å². The van der Waals surface area contributed by atoms with Crippen molar-refractivity contribution in [3.05, 3.63) is 109 Å². The van der Waals surface area contributed by atoms with Crippen molar-refractivity contribution >= 4 is 17.9 Å². The fourth-order valence-corrected chi connectivity index (χ4v) is 8.89. The molecule has 0 saturated carbocycles. The molecule has 0 spiro atoms. The summed E-state index contributed by atoms with van der Waals surface area (Å²) in [4.78, 5) is 38.3. The van der Waals surface area contributed by atoms with Crippen LogP contribution in [-0.4, -0.2) is 37.2 Å². The maximum Gasteiger partial charge on any atom is 0.306 e. The first-order chi connectivity index (χ1) is 38.0. The Morgan fingerprint density at radius 1 is 0.273 bits per heavy atom. The molecular weight excluding hydrogens is 949 g/mol. The average molecular weight is 1070 g/mol. The molecule has 0 amide bonds. The van der Waals surface area contributed by atoms with Gasteiger partial charge < -0.3 is 14.2 Å². The second kappa shape index (κ2) is 64.6. The van der Waals surface area contributed by atoms with Gasteiger partial charge in [0.25, 0.3) is 0 Å². The summed E-state index contributed by atoms with van der Waals surface area (Å²) in [5.74, 6) is -0.971. The Hall–Kier alpha value is -3.93. The summed E-state index contributed by atoms with van der Waals surface area (Å²) in [5.41, 5.74) is 0. The van der Waals surface area contributed by atoms with Crippen LogP contribution in [0.5, 0.6) is 0 Å². The van der Waals surface area contributed by atoms with E-state index in [4.69, 9.17) is 14.2 Å². The van der Waals surface area contributed by atoms with Gasteiger partial charge >= 0.3 is 17.9 Å². The number of unbranched alkanes of at least 4 members (excludes halogenated alkanes) is 29. The van der Waals surface area contributed by atoms with Crippen LogP contribution in [0.2, 0.25) is 0 Å². The van der Waals surface area contributed by atoms with Crippen LogP contribution in [-0.2, 0) is 28.6 Å². The monoisotopic (exact) mass is 1070 g/mol. The Bertz CT molecular complexity index is 1560. The molecule has 77 heavy (non-hydrogen) atoms. The zero-order chi connectivity index (χ0) is 55.7. The minimum Gasteiger partial charge on any atom is -0.462 e. The first kappa shape index (κ1) is 73.1. The van der Waals surface area contributed by atoms with Crippen LogP contribution in [0.1, 0.15) is 303 Å². The van der Waals surface area contributed by atoms with E-state index in [1.54, 1.807) is 0 Å². The number of esters is 3. The molecule has 6 heteroatoms. The summed E-state index contributed by atoms with van der Waals surface area (Å²) >= 11 is 0. The largest absolute Gasteiger partial charge is 0.462 e. The van der Waals surface area contributed by atoms with Crippen molar-refractivity contribution in [2.75, 3.05) is 13.2 Å². The van der Waals surface area contributed by atoms with E-state index >= 15 is 0 Å². The summed E-state index contributed by atoms with van der Waals surface area (Å²) in [7, 11) is 0. The first-order valence-corrected chi connectivity index (χ1v) is 32.4. The maximum atomic E-state index is 12.9. The molecule has 0 fully saturated rings. The lowest BCUT2D eigenvalue weighted by molar-refractivity contribution is -0.167. The molecular formula is C71H120O6. The quantitative estimate of drug-likeness (QED) is 0.0261. The van der Waals surface area contributed by atoms with Crippen LogP contribution in [0.15, 0.2) is 109 Å². The molecule has 0 aliphatic carbocycles. The van der Waals surface area contributed by atoms with Gasteiger partial charge in [0.2, 0.25) is 0 Å². The maximum absolute atomic E-state index is 12.9. The Balaban J connectivity index is 4.47. The van der Waals surface area contributed by atoms with E-state index in [2.05, 4.69) is 130 Å². The van der Waals surface area contributed by atoms with Crippen molar-refractivity contribution < 1.29 is 28.6 Å². The molecule has 0 aromatic rings. The van der Waals surface area contributed by atoms with Gasteiger partial charge in [0.15, 0.2) is 6.10 Å². The van der Waals surface area contributed by atoms with Crippen LogP contribution in [0.4, 0.5) is 0 Å². The lowest BCUT2D eigenvalue weighted by Gasteiger charge is -2.18. The summed E-state index contributed by atoms with van der Waals surface area (Å²) in [6.07, 6.45) is 88.1. The van der Waals surface area contributed by atoms with E-state index in [9.17, 15) is 14.4 Å². The molecule has 0 saturated heterocycles. The topological polar surface area (TPSA) is 78.9 Å². The van der Waals surface area contributed by atoms with Gasteiger partial charge in [-0.25, -0.2) is 0 Å². The average Bonchev–Trinajstić information content (AvgIpc) is 3.43. The molecule has 0 heterocycles. The standard InChI is InChI=1S/C71H120O6/c1-4-7-10-13-16-19-22-25-28-31-33-35-37-40-43-46-49-52-55-58-61-64-70(73)76-67-68(66-75-69(72)63-60-57-54-51-48-45-42-39-30-27-24-21-18-15-12-9-6-3)77-71(74)65-62-59-56-53-50-47-44-41-38-36-34-32-29-26-23-20-17-14-11-8-5-2/h9,12,18,21-22,25,27,30-34,37,40,42,45,51,54,68H,4-8,10-11,13-17,19-20,23-24,26,28-29,35-36,38-39,41,43-44,46-50,52-53,55-67H2,1-3H3/b12-9-,21-18-,25-22-,30-27-,33-31-,34-32-,40-37-,45-42-,54-51-. The zero-order valence-corrected chi connectivity index (χ0v) is 50.4. The van der Waals surface area contributed by atoms with Crippen molar-refractivity contribution in [3.63, 3.8) is 0 Å². The highest BCUT2D eigenvalue weighted by molar-refractivity contribution is 5.71. The fraction of sp³-hybridized carbons (Fsp3) is 0.704. The Morgan fingerprint density at radius 3 is 0.857 bits per heavy atom. The number of carbonyl (C=O) groups excluding carboxylic acids is 3. The van der Waals surface area contributed by atoms with E-state index in [-0.39, 0.29) is 37.5 Å². The molecule has 0 bridgehead atoms. The number of ether oxygens (including phenoxy) is 3. The van der Waals surface area contributed by atoms with Crippen molar-refractivity contribution in [2.45, 2.75) is 309 Å². The van der Waals surface area contributed by atoms with Crippen molar-refractivity contribution in [1.82, 2.24) is 0 Å². The smallest absolute Gasteiger partial charge is 0.306 e. The molecule has 1 unspecified atom stereocenters. The van der Waals surface area contributed by atoms with Crippen LogP contribution >= 0.6 is 0 Å². The molecule has 6 nitrogen and oxygen atoms in total. The molecule has 0 N–H and O–H groups in total. The predicted molar refractivity (Wildman–Crippen MR) is 334 cm³/mol. The Labute approximate surface area is 476 Å². The van der Waals surface area contributed by atoms with E-state index in [0.717, 1.165) is 103 Å². The van der Waals surface area contributed by atoms with Crippen LogP contribution in [0, 0.1) is 0 Å². The lowest BCUT2D eigenvalue weighted by atomic mass is 10.1. The molecule has 440 valence electrons. The van der Waals surface area contributed by atoms with Crippen LogP contribution in [0.3, 0.4) is 0 Å². The van der Waals surface area contributed by atoms with Gasteiger partial charge in [0.1, 0.15) is 13.2 Å². The van der Waals surface area contributed by atoms with Crippen LogP contribution < -0.4 is 0 Å². The Kier molecular flexibility index (Phi) is 61.3. The highest BCUT2D eigenvalue weighted by Crippen LogP contribution is 2.15. The van der Waals surface area contributed by atoms with Crippen molar-refractivity contribution in [1.29, 1.82) is 0 Å². The number of rotatable bonds is 58. The predicted octanol–water partition coefficient (Wildman–Crippen LogP) is 22.2. The molecule has 1 atom stereocenters. The van der Waals surface area contributed by atoms with Gasteiger partial charge in [-0.15, -0.1) is 0 Å². The molecule has 0 rings (SSSR count). The second-order valence-corrected chi connectivity index (χ2v) is 21.3. The SMILES string of the molecule is CC/C=C\C/C=C\C/C=C\C/C=C\C/C=C\CCCC(=O)OCC(COC(=O)CCCCCCCC/C=C\C/C=C\C/C=C\CCCCCCC)OC(=O)CCCCCCCCCCC/C=C\CCCCCCCCCC. The van der Waals surface area contributed by atoms with E-state index < -0.39 is 6.10 Å². The minimum atomic E-state index is -0.811. The number of hydrogen-bond acceptors (Lipinski definition) is 6. The number of carbonyl (C=O) groups is 3. The molecule has 0 aromatic heterocycles. The van der Waals surface area contributed by atoms with Crippen molar-refractivity contribution in [2.24, 2.45) is 0 Å². The van der Waals surface area contributed by atoms with Gasteiger partial charge in [-0.2, -0.15) is 0 Å². The molecule has 0 aliphatic heterocycles. The summed E-state index contributed by atoms with van der Waals surface area (Å²) in [5, 5.41) is 0. The summed E-state index contributed by atoms with van der Waals surface area (Å²) in [6, 6.07) is 0. The third-order valence-electron chi connectivity index (χ3n) is 13.7. The zero-order valence-electron chi connectivity index (χ0n) is 50.4. The number of allylic oxidation sites excluding steroid dienone is 18. The fourth-order valence-electron chi connectivity index (χ4n) is 8.89. The van der Waals surface area contributed by atoms with Gasteiger partial charge in [-0.1, -0.05) is 271 Å². The lowest BCUT2D eigenvalue weighted by Crippen LogP contribution is -2.30. The first-order valence-electron chi connectivity index (χ1n) is 32.4. The van der Waals surface area contributed by atoms with Gasteiger partial charge in [0.05, 0.1) is 0 Å². The van der Waals surface area contributed by atoms with E-state index in [1.165, 1.54) is 154 Å². The second-order valence-electron chi connectivity index (χ2n) is 21.3.